The number of nitrogens with zero attached hydrogens (tertiary/aromatic N) is 1. The van der Waals surface area contributed by atoms with Crippen LogP contribution in [0.5, 0.6) is 0 Å². The van der Waals surface area contributed by atoms with Gasteiger partial charge in [0.1, 0.15) is 0 Å². The van der Waals surface area contributed by atoms with E-state index in [0.717, 1.165) is 11.1 Å². The molecule has 19 heavy (non-hydrogen) atoms. The number of carbonyl (C=O) groups is 1. The molecule has 0 atom stereocenters. The smallest absolute Gasteiger partial charge is 0.251 e. The number of benzene rings is 1. The second-order valence-corrected chi connectivity index (χ2v) is 4.17. The summed E-state index contributed by atoms with van der Waals surface area (Å²) in [5.74, 6) is -0.144. The van der Waals surface area contributed by atoms with Crippen molar-refractivity contribution in [2.24, 2.45) is 0 Å². The first-order valence-electron chi connectivity index (χ1n) is 6.17. The normalized spacial score (nSPS) is 10.2. The van der Waals surface area contributed by atoms with E-state index >= 15 is 0 Å². The summed E-state index contributed by atoms with van der Waals surface area (Å²) < 4.78 is 0. The van der Waals surface area contributed by atoms with Gasteiger partial charge in [-0.05, 0) is 23.6 Å². The van der Waals surface area contributed by atoms with Crippen LogP contribution in [-0.2, 0) is 13.0 Å². The molecule has 2 N–H and O–H groups in total. The van der Waals surface area contributed by atoms with Crippen molar-refractivity contribution in [2.75, 3.05) is 6.61 Å². The lowest BCUT2D eigenvalue weighted by Gasteiger charge is -2.09. The quantitative estimate of drug-likeness (QED) is 0.853. The largest absolute Gasteiger partial charge is 0.396 e. The Morgan fingerprint density at radius 3 is 2.74 bits per heavy atom. The summed E-state index contributed by atoms with van der Waals surface area (Å²) in [5.41, 5.74) is 2.38. The fourth-order valence-corrected chi connectivity index (χ4v) is 1.84. The van der Waals surface area contributed by atoms with Crippen molar-refractivity contribution in [1.29, 1.82) is 0 Å². The molecule has 0 aliphatic carbocycles. The van der Waals surface area contributed by atoms with Gasteiger partial charge in [-0.2, -0.15) is 0 Å². The first kappa shape index (κ1) is 13.2. The number of amides is 1. The molecule has 0 aliphatic heterocycles. The first-order chi connectivity index (χ1) is 9.31. The van der Waals surface area contributed by atoms with Crippen molar-refractivity contribution < 1.29 is 9.90 Å². The second kappa shape index (κ2) is 6.66. The molecule has 4 heteroatoms. The number of aliphatic hydroxyl groups is 1. The summed E-state index contributed by atoms with van der Waals surface area (Å²) >= 11 is 0. The van der Waals surface area contributed by atoms with E-state index in [0.29, 0.717) is 18.5 Å². The molecule has 0 radical (unpaired) electrons. The van der Waals surface area contributed by atoms with Crippen molar-refractivity contribution >= 4 is 5.91 Å². The van der Waals surface area contributed by atoms with Crippen molar-refractivity contribution in [3.8, 4) is 0 Å². The van der Waals surface area contributed by atoms with Crippen LogP contribution >= 0.6 is 0 Å². The van der Waals surface area contributed by atoms with E-state index in [1.165, 1.54) is 0 Å². The van der Waals surface area contributed by atoms with Crippen LogP contribution < -0.4 is 5.32 Å². The molecule has 0 bridgehead atoms. The zero-order valence-corrected chi connectivity index (χ0v) is 10.5. The average Bonchev–Trinajstić information content (AvgIpc) is 2.47. The molecule has 0 spiro atoms. The molecule has 0 unspecified atom stereocenters. The summed E-state index contributed by atoms with van der Waals surface area (Å²) in [7, 11) is 0. The van der Waals surface area contributed by atoms with Gasteiger partial charge in [0.2, 0.25) is 0 Å². The van der Waals surface area contributed by atoms with Gasteiger partial charge in [0.25, 0.3) is 5.91 Å². The van der Waals surface area contributed by atoms with Gasteiger partial charge in [-0.3, -0.25) is 9.78 Å². The Morgan fingerprint density at radius 2 is 2.00 bits per heavy atom. The van der Waals surface area contributed by atoms with Gasteiger partial charge in [-0.1, -0.05) is 30.3 Å². The lowest BCUT2D eigenvalue weighted by atomic mass is 10.1. The summed E-state index contributed by atoms with van der Waals surface area (Å²) in [5, 5.41) is 11.8. The Morgan fingerprint density at radius 1 is 1.21 bits per heavy atom. The highest BCUT2D eigenvalue weighted by Gasteiger charge is 2.10. The van der Waals surface area contributed by atoms with E-state index in [1.54, 1.807) is 18.5 Å². The minimum absolute atomic E-state index is 0.00462. The number of aromatic nitrogens is 1. The number of rotatable bonds is 5. The van der Waals surface area contributed by atoms with Crippen LogP contribution in [0.1, 0.15) is 21.5 Å². The topological polar surface area (TPSA) is 62.2 Å². The third kappa shape index (κ3) is 3.63. The highest BCUT2D eigenvalue weighted by molar-refractivity contribution is 5.95. The number of nitrogens with one attached hydrogen (secondary N) is 1. The molecule has 0 saturated carbocycles. The maximum absolute atomic E-state index is 12.1. The average molecular weight is 256 g/mol. The molecular weight excluding hydrogens is 240 g/mol. The van der Waals surface area contributed by atoms with Crippen molar-refractivity contribution in [3.05, 3.63) is 65.5 Å². The Kier molecular flexibility index (Phi) is 4.64. The van der Waals surface area contributed by atoms with Gasteiger partial charge in [0, 0.05) is 31.1 Å². The van der Waals surface area contributed by atoms with E-state index in [1.807, 2.05) is 30.3 Å². The summed E-state index contributed by atoms with van der Waals surface area (Å²) in [6, 6.07) is 11.4. The summed E-state index contributed by atoms with van der Waals surface area (Å²) in [4.78, 5) is 16.1. The van der Waals surface area contributed by atoms with Crippen LogP contribution in [0.4, 0.5) is 0 Å². The van der Waals surface area contributed by atoms with E-state index in [-0.39, 0.29) is 12.5 Å². The molecule has 0 saturated heterocycles. The maximum atomic E-state index is 12.1. The lowest BCUT2D eigenvalue weighted by molar-refractivity contribution is 0.0949. The van der Waals surface area contributed by atoms with Gasteiger partial charge in [-0.25, -0.2) is 0 Å². The molecule has 1 aromatic heterocycles. The van der Waals surface area contributed by atoms with Crippen LogP contribution in [0.15, 0.2) is 48.8 Å². The van der Waals surface area contributed by atoms with Gasteiger partial charge < -0.3 is 10.4 Å². The van der Waals surface area contributed by atoms with Crippen molar-refractivity contribution in [3.63, 3.8) is 0 Å². The predicted octanol–water partition coefficient (Wildman–Crippen LogP) is 1.55. The first-order valence-corrected chi connectivity index (χ1v) is 6.17. The van der Waals surface area contributed by atoms with Crippen LogP contribution in [0.3, 0.4) is 0 Å². The SMILES string of the molecule is O=C(NCc1ccccc1)c1ccncc1CCO. The second-order valence-electron chi connectivity index (χ2n) is 4.17. The van der Waals surface area contributed by atoms with Crippen LogP contribution in [0.25, 0.3) is 0 Å². The van der Waals surface area contributed by atoms with Gasteiger partial charge >= 0.3 is 0 Å². The Labute approximate surface area is 112 Å². The Balaban J connectivity index is 2.04. The fourth-order valence-electron chi connectivity index (χ4n) is 1.84. The zero-order chi connectivity index (χ0) is 13.5. The molecule has 1 amide bonds. The third-order valence-corrected chi connectivity index (χ3v) is 2.83. The Hall–Kier alpha value is -2.20. The van der Waals surface area contributed by atoms with E-state index in [9.17, 15) is 4.79 Å². The molecule has 0 fully saturated rings. The number of pyridine rings is 1. The molecule has 2 rings (SSSR count). The third-order valence-electron chi connectivity index (χ3n) is 2.83. The van der Waals surface area contributed by atoms with Crippen LogP contribution in [-0.4, -0.2) is 22.6 Å². The molecule has 98 valence electrons. The van der Waals surface area contributed by atoms with Crippen molar-refractivity contribution in [2.45, 2.75) is 13.0 Å². The summed E-state index contributed by atoms with van der Waals surface area (Å²) in [6.45, 7) is 0.491. The number of carbonyl (C=O) groups excluding carboxylic acids is 1. The van der Waals surface area contributed by atoms with E-state index < -0.39 is 0 Å². The molecule has 0 aliphatic rings. The van der Waals surface area contributed by atoms with Crippen LogP contribution in [0, 0.1) is 0 Å². The number of hydrogen-bond acceptors (Lipinski definition) is 3. The Bertz CT molecular complexity index is 541. The lowest BCUT2D eigenvalue weighted by Crippen LogP contribution is -2.24. The van der Waals surface area contributed by atoms with Gasteiger partial charge in [0.05, 0.1) is 0 Å². The van der Waals surface area contributed by atoms with E-state index in [4.69, 9.17) is 5.11 Å². The molecule has 2 aromatic rings. The number of aliphatic hydroxyl groups excluding tert-OH is 1. The van der Waals surface area contributed by atoms with Gasteiger partial charge in [-0.15, -0.1) is 0 Å². The van der Waals surface area contributed by atoms with E-state index in [2.05, 4.69) is 10.3 Å². The minimum Gasteiger partial charge on any atom is -0.396 e. The highest BCUT2D eigenvalue weighted by Crippen LogP contribution is 2.08. The fraction of sp³-hybridized carbons (Fsp3) is 0.200. The highest BCUT2D eigenvalue weighted by atomic mass is 16.3. The molecule has 1 heterocycles. The number of hydrogen-bond donors (Lipinski definition) is 2. The maximum Gasteiger partial charge on any atom is 0.251 e. The van der Waals surface area contributed by atoms with Crippen LogP contribution in [0.2, 0.25) is 0 Å². The standard InChI is InChI=1S/C15H16N2O2/c18-9-7-13-11-16-8-6-14(13)15(19)17-10-12-4-2-1-3-5-12/h1-6,8,11,18H,7,9-10H2,(H,17,19). The zero-order valence-electron chi connectivity index (χ0n) is 10.5. The molecule has 4 nitrogen and oxygen atoms in total. The van der Waals surface area contributed by atoms with Crippen molar-refractivity contribution in [1.82, 2.24) is 10.3 Å². The molecule has 1 aromatic carbocycles. The summed E-state index contributed by atoms with van der Waals surface area (Å²) in [6.07, 6.45) is 3.63. The minimum atomic E-state index is -0.144. The van der Waals surface area contributed by atoms with Gasteiger partial charge in [0.15, 0.2) is 0 Å². The predicted molar refractivity (Wildman–Crippen MR) is 72.6 cm³/mol. The monoisotopic (exact) mass is 256 g/mol. The molecular formula is C15H16N2O2.